The lowest BCUT2D eigenvalue weighted by Crippen LogP contribution is -2.45. The maximum atomic E-state index is 12.3. The smallest absolute Gasteiger partial charge is 0.251 e. The second-order valence-corrected chi connectivity index (χ2v) is 7.48. The molecule has 2 amide bonds. The Morgan fingerprint density at radius 3 is 2.74 bits per heavy atom. The topological polar surface area (TPSA) is 84.4 Å². The molecule has 2 fully saturated rings. The zero-order valence-corrected chi connectivity index (χ0v) is 14.6. The van der Waals surface area contributed by atoms with Gasteiger partial charge in [-0.2, -0.15) is 9.36 Å². The zero-order valence-electron chi connectivity index (χ0n) is 13.0. The van der Waals surface area contributed by atoms with Gasteiger partial charge in [0.25, 0.3) is 5.91 Å². The van der Waals surface area contributed by atoms with E-state index in [1.165, 1.54) is 23.3 Å². The molecular formula is C14H20N4O3S2. The Kier molecular flexibility index (Phi) is 5.50. The largest absolute Gasteiger partial charge is 0.368 e. The van der Waals surface area contributed by atoms with Crippen LogP contribution in [-0.4, -0.2) is 58.1 Å². The summed E-state index contributed by atoms with van der Waals surface area (Å²) in [7, 11) is 0. The molecule has 3 heterocycles. The minimum atomic E-state index is -0.274. The van der Waals surface area contributed by atoms with Crippen molar-refractivity contribution in [1.29, 1.82) is 0 Å². The molecule has 0 bridgehead atoms. The van der Waals surface area contributed by atoms with Gasteiger partial charge >= 0.3 is 0 Å². The summed E-state index contributed by atoms with van der Waals surface area (Å²) >= 11 is 2.78. The third kappa shape index (κ3) is 4.02. The van der Waals surface area contributed by atoms with Crippen LogP contribution in [0.2, 0.25) is 0 Å². The molecule has 1 atom stereocenters. The molecule has 0 aliphatic carbocycles. The zero-order chi connectivity index (χ0) is 16.2. The molecule has 0 radical (unpaired) electrons. The molecule has 3 rings (SSSR count). The third-order valence-electron chi connectivity index (χ3n) is 4.20. The van der Waals surface area contributed by atoms with Crippen molar-refractivity contribution >= 4 is 41.1 Å². The van der Waals surface area contributed by atoms with Crippen LogP contribution >= 0.6 is 23.3 Å². The number of hydrogen-bond donors (Lipinski definition) is 1. The fourth-order valence-electron chi connectivity index (χ4n) is 2.89. The van der Waals surface area contributed by atoms with Crippen molar-refractivity contribution in [1.82, 2.24) is 14.3 Å². The van der Waals surface area contributed by atoms with Gasteiger partial charge in [0.2, 0.25) is 11.9 Å². The Morgan fingerprint density at radius 2 is 2.13 bits per heavy atom. The first-order valence-corrected chi connectivity index (χ1v) is 9.76. The first-order chi connectivity index (χ1) is 11.2. The Labute approximate surface area is 143 Å². The lowest BCUT2D eigenvalue weighted by Gasteiger charge is -2.32. The number of likely N-dealkylation sites (tertiary alicyclic amines) is 1. The number of anilines is 1. The van der Waals surface area contributed by atoms with E-state index in [4.69, 9.17) is 4.74 Å². The van der Waals surface area contributed by atoms with E-state index < -0.39 is 0 Å². The van der Waals surface area contributed by atoms with E-state index >= 15 is 0 Å². The van der Waals surface area contributed by atoms with E-state index in [1.807, 2.05) is 11.2 Å². The van der Waals surface area contributed by atoms with Gasteiger partial charge in [-0.15, -0.1) is 0 Å². The fourth-order valence-corrected chi connectivity index (χ4v) is 3.86. The second kappa shape index (κ2) is 7.59. The lowest BCUT2D eigenvalue weighted by molar-refractivity contribution is -0.143. The van der Waals surface area contributed by atoms with Crippen molar-refractivity contribution in [2.75, 3.05) is 31.3 Å². The molecule has 0 aromatic carbocycles. The van der Waals surface area contributed by atoms with Gasteiger partial charge in [-0.05, 0) is 43.5 Å². The number of nitrogens with zero attached hydrogens (tertiary/aromatic N) is 3. The van der Waals surface area contributed by atoms with Gasteiger partial charge in [-0.1, -0.05) is 11.8 Å². The van der Waals surface area contributed by atoms with Crippen LogP contribution in [0.5, 0.6) is 0 Å². The molecule has 2 saturated heterocycles. The Morgan fingerprint density at radius 1 is 1.35 bits per heavy atom. The highest BCUT2D eigenvalue weighted by Crippen LogP contribution is 2.23. The second-order valence-electron chi connectivity index (χ2n) is 5.68. The molecule has 23 heavy (non-hydrogen) atoms. The summed E-state index contributed by atoms with van der Waals surface area (Å²) in [4.78, 5) is 30.6. The highest BCUT2D eigenvalue weighted by Gasteiger charge is 2.32. The van der Waals surface area contributed by atoms with Crippen LogP contribution in [0.15, 0.2) is 4.34 Å². The van der Waals surface area contributed by atoms with Crippen LogP contribution in [0.25, 0.3) is 0 Å². The molecule has 0 spiro atoms. The molecule has 0 saturated carbocycles. The van der Waals surface area contributed by atoms with E-state index in [2.05, 4.69) is 14.7 Å². The van der Waals surface area contributed by atoms with Gasteiger partial charge in [-0.3, -0.25) is 14.9 Å². The minimum Gasteiger partial charge on any atom is -0.368 e. The van der Waals surface area contributed by atoms with Crippen molar-refractivity contribution in [2.24, 2.45) is 5.92 Å². The van der Waals surface area contributed by atoms with E-state index in [1.54, 1.807) is 0 Å². The number of thioether (sulfide) groups is 1. The Balaban J connectivity index is 1.48. The average molecular weight is 356 g/mol. The van der Waals surface area contributed by atoms with Gasteiger partial charge < -0.3 is 9.64 Å². The van der Waals surface area contributed by atoms with Gasteiger partial charge in [0.15, 0.2) is 4.34 Å². The number of rotatable bonds is 4. The fraction of sp³-hybridized carbons (Fsp3) is 0.714. The number of nitrogens with one attached hydrogen (secondary N) is 1. The number of carbonyl (C=O) groups excluding carboxylic acids is 2. The Bertz CT molecular complexity index is 566. The molecule has 1 N–H and O–H groups in total. The van der Waals surface area contributed by atoms with Crippen LogP contribution in [-0.2, 0) is 14.3 Å². The summed E-state index contributed by atoms with van der Waals surface area (Å²) < 4.78 is 10.4. The van der Waals surface area contributed by atoms with Crippen molar-refractivity contribution in [3.63, 3.8) is 0 Å². The normalized spacial score (nSPS) is 22.3. The summed E-state index contributed by atoms with van der Waals surface area (Å²) in [5.74, 6) is 0.304. The molecule has 1 aromatic rings. The van der Waals surface area contributed by atoms with Crippen molar-refractivity contribution < 1.29 is 14.3 Å². The minimum absolute atomic E-state index is 0.0559. The predicted octanol–water partition coefficient (Wildman–Crippen LogP) is 1.62. The molecule has 9 heteroatoms. The number of piperidine rings is 1. The SMILES string of the molecule is CSc1nc(NC(=O)C2CCN(C(=O)C3CCCO3)CC2)ns1. The molecule has 1 aromatic heterocycles. The summed E-state index contributed by atoms with van der Waals surface area (Å²) in [5.41, 5.74) is 0. The van der Waals surface area contributed by atoms with Crippen molar-refractivity contribution in [3.8, 4) is 0 Å². The van der Waals surface area contributed by atoms with Crippen molar-refractivity contribution in [2.45, 2.75) is 36.1 Å². The first-order valence-electron chi connectivity index (χ1n) is 7.76. The number of carbonyl (C=O) groups is 2. The van der Waals surface area contributed by atoms with Gasteiger partial charge in [0.1, 0.15) is 6.10 Å². The predicted molar refractivity (Wildman–Crippen MR) is 88.6 cm³/mol. The molecule has 126 valence electrons. The van der Waals surface area contributed by atoms with Crippen LogP contribution in [0, 0.1) is 5.92 Å². The van der Waals surface area contributed by atoms with E-state index in [-0.39, 0.29) is 23.8 Å². The van der Waals surface area contributed by atoms with Crippen LogP contribution in [0.4, 0.5) is 5.95 Å². The summed E-state index contributed by atoms with van der Waals surface area (Å²) in [6.07, 6.45) is 4.76. The highest BCUT2D eigenvalue weighted by atomic mass is 32.2. The lowest BCUT2D eigenvalue weighted by atomic mass is 9.95. The molecule has 7 nitrogen and oxygen atoms in total. The van der Waals surface area contributed by atoms with Crippen LogP contribution < -0.4 is 5.32 Å². The maximum Gasteiger partial charge on any atom is 0.251 e. The van der Waals surface area contributed by atoms with E-state index in [0.29, 0.717) is 38.5 Å². The molecular weight excluding hydrogens is 336 g/mol. The number of aromatic nitrogens is 2. The first kappa shape index (κ1) is 16.7. The summed E-state index contributed by atoms with van der Waals surface area (Å²) in [6, 6.07) is 0. The summed E-state index contributed by atoms with van der Waals surface area (Å²) in [6.45, 7) is 1.89. The molecule has 2 aliphatic heterocycles. The van der Waals surface area contributed by atoms with E-state index in [9.17, 15) is 9.59 Å². The van der Waals surface area contributed by atoms with Gasteiger partial charge in [-0.25, -0.2) is 0 Å². The molecule has 1 unspecified atom stereocenters. The van der Waals surface area contributed by atoms with Crippen LogP contribution in [0.3, 0.4) is 0 Å². The van der Waals surface area contributed by atoms with Crippen molar-refractivity contribution in [3.05, 3.63) is 0 Å². The number of amides is 2. The number of ether oxygens (including phenoxy) is 1. The standard InChI is InChI=1S/C14H20N4O3S2/c1-22-14-16-13(17-23-14)15-11(19)9-4-6-18(7-5-9)12(20)10-3-2-8-21-10/h9-10H,2-8H2,1H3,(H,15,17,19). The number of hydrogen-bond acceptors (Lipinski definition) is 7. The average Bonchev–Trinajstić information content (AvgIpc) is 3.26. The molecule has 2 aliphatic rings. The quantitative estimate of drug-likeness (QED) is 0.825. The third-order valence-corrected chi connectivity index (χ3v) is 5.88. The summed E-state index contributed by atoms with van der Waals surface area (Å²) in [5, 5.41) is 2.77. The Hall–Kier alpha value is -1.19. The highest BCUT2D eigenvalue weighted by molar-refractivity contribution is 8.00. The monoisotopic (exact) mass is 356 g/mol. The maximum absolute atomic E-state index is 12.3. The van der Waals surface area contributed by atoms with E-state index in [0.717, 1.165) is 17.2 Å². The van der Waals surface area contributed by atoms with Crippen LogP contribution in [0.1, 0.15) is 25.7 Å². The van der Waals surface area contributed by atoms with Gasteiger partial charge in [0, 0.05) is 25.6 Å². The van der Waals surface area contributed by atoms with Gasteiger partial charge in [0.05, 0.1) is 0 Å².